The second-order valence-corrected chi connectivity index (χ2v) is 4.38. The van der Waals surface area contributed by atoms with Gasteiger partial charge in [0, 0.05) is 0 Å². The Morgan fingerprint density at radius 3 is 2.67 bits per heavy atom. The van der Waals surface area contributed by atoms with Crippen LogP contribution < -0.4 is 15.2 Å². The third kappa shape index (κ3) is 2.38. The van der Waals surface area contributed by atoms with E-state index >= 15 is 0 Å². The second-order valence-electron chi connectivity index (χ2n) is 4.38. The van der Waals surface area contributed by atoms with E-state index in [1.807, 2.05) is 0 Å². The molecule has 1 aliphatic carbocycles. The summed E-state index contributed by atoms with van der Waals surface area (Å²) >= 11 is 0. The molecule has 6 heteroatoms. The number of ether oxygens (including phenoxy) is 2. The summed E-state index contributed by atoms with van der Waals surface area (Å²) < 4.78 is 10.6. The number of methoxy groups -OCH3 is 1. The Bertz CT molecular complexity index is 444. The van der Waals surface area contributed by atoms with Gasteiger partial charge in [-0.15, -0.1) is 0 Å². The molecule has 0 radical (unpaired) electrons. The van der Waals surface area contributed by atoms with Gasteiger partial charge < -0.3 is 15.2 Å². The molecular formula is C12H16N2O4. The molecule has 0 atom stereocenters. The second kappa shape index (κ2) is 5.22. The van der Waals surface area contributed by atoms with Crippen LogP contribution in [0, 0.1) is 16.0 Å². The fraction of sp³-hybridized carbons (Fsp3) is 0.500. The molecule has 6 nitrogen and oxygen atoms in total. The van der Waals surface area contributed by atoms with Crippen LogP contribution in [0.3, 0.4) is 0 Å². The maximum Gasteiger partial charge on any atom is 0.352 e. The van der Waals surface area contributed by atoms with Gasteiger partial charge in [0.25, 0.3) is 0 Å². The molecule has 1 aromatic carbocycles. The van der Waals surface area contributed by atoms with E-state index in [9.17, 15) is 10.1 Å². The molecular weight excluding hydrogens is 236 g/mol. The van der Waals surface area contributed by atoms with E-state index in [1.54, 1.807) is 18.2 Å². The van der Waals surface area contributed by atoms with Crippen LogP contribution in [0.4, 0.5) is 5.69 Å². The van der Waals surface area contributed by atoms with Gasteiger partial charge in [-0.3, -0.25) is 10.1 Å². The summed E-state index contributed by atoms with van der Waals surface area (Å²) in [5, 5.41) is 11.0. The van der Waals surface area contributed by atoms with Gasteiger partial charge in [0.15, 0.2) is 0 Å². The molecule has 0 heterocycles. The monoisotopic (exact) mass is 252 g/mol. The van der Waals surface area contributed by atoms with Crippen molar-refractivity contribution in [2.75, 3.05) is 13.7 Å². The predicted octanol–water partition coefficient (Wildman–Crippen LogP) is 1.72. The van der Waals surface area contributed by atoms with Crippen molar-refractivity contribution in [2.24, 2.45) is 11.7 Å². The van der Waals surface area contributed by atoms with Gasteiger partial charge in [0.05, 0.1) is 18.1 Å². The third-order valence-corrected chi connectivity index (χ3v) is 3.18. The first-order chi connectivity index (χ1) is 8.65. The number of nitro groups is 1. The Kier molecular flexibility index (Phi) is 3.66. The van der Waals surface area contributed by atoms with Crippen LogP contribution in [0.25, 0.3) is 0 Å². The number of nitro benzene ring substituents is 1. The normalized spacial score (nSPS) is 22.1. The van der Waals surface area contributed by atoms with Gasteiger partial charge in [-0.2, -0.15) is 0 Å². The minimum atomic E-state index is -0.479. The van der Waals surface area contributed by atoms with Crippen molar-refractivity contribution in [1.82, 2.24) is 0 Å². The van der Waals surface area contributed by atoms with E-state index in [-0.39, 0.29) is 23.3 Å². The van der Waals surface area contributed by atoms with E-state index in [4.69, 9.17) is 15.2 Å². The molecule has 0 aromatic heterocycles. The number of para-hydroxylation sites is 1. The molecule has 1 aromatic rings. The lowest BCUT2D eigenvalue weighted by Gasteiger charge is -2.34. The Balaban J connectivity index is 2.15. The number of benzene rings is 1. The third-order valence-electron chi connectivity index (χ3n) is 3.18. The van der Waals surface area contributed by atoms with Gasteiger partial charge >= 0.3 is 5.69 Å². The quantitative estimate of drug-likeness (QED) is 0.636. The van der Waals surface area contributed by atoms with Crippen molar-refractivity contribution >= 4 is 5.69 Å². The lowest BCUT2D eigenvalue weighted by atomic mass is 9.82. The average molecular weight is 252 g/mol. The molecule has 98 valence electrons. The Labute approximate surface area is 105 Å². The van der Waals surface area contributed by atoms with Gasteiger partial charge in [-0.1, -0.05) is 6.07 Å². The molecule has 0 saturated heterocycles. The minimum Gasteiger partial charge on any atom is -0.490 e. The maximum absolute atomic E-state index is 11.0. The van der Waals surface area contributed by atoms with E-state index in [0.717, 1.165) is 12.8 Å². The summed E-state index contributed by atoms with van der Waals surface area (Å²) in [4.78, 5) is 10.6. The summed E-state index contributed by atoms with van der Waals surface area (Å²) in [6, 6.07) is 4.82. The number of nitrogens with two attached hydrogens (primary N) is 1. The summed E-state index contributed by atoms with van der Waals surface area (Å²) in [7, 11) is 1.40. The number of nitrogens with zero attached hydrogens (tertiary/aromatic N) is 1. The molecule has 0 spiro atoms. The number of hydrogen-bond donors (Lipinski definition) is 1. The molecule has 1 fully saturated rings. The molecule has 0 amide bonds. The zero-order chi connectivity index (χ0) is 13.1. The topological polar surface area (TPSA) is 87.6 Å². The van der Waals surface area contributed by atoms with Crippen molar-refractivity contribution < 1.29 is 14.4 Å². The van der Waals surface area contributed by atoms with Crippen LogP contribution in [-0.4, -0.2) is 24.7 Å². The SMILES string of the molecule is COc1cccc(OC2CC(CN)C2)c1[N+](=O)[O-]. The van der Waals surface area contributed by atoms with E-state index in [1.165, 1.54) is 7.11 Å². The largest absolute Gasteiger partial charge is 0.490 e. The highest BCUT2D eigenvalue weighted by molar-refractivity contribution is 5.57. The maximum atomic E-state index is 11.0. The molecule has 1 saturated carbocycles. The molecule has 0 aliphatic heterocycles. The van der Waals surface area contributed by atoms with Gasteiger partial charge in [-0.25, -0.2) is 0 Å². The highest BCUT2D eigenvalue weighted by Crippen LogP contribution is 2.39. The number of hydrogen-bond acceptors (Lipinski definition) is 5. The zero-order valence-electron chi connectivity index (χ0n) is 10.2. The smallest absolute Gasteiger partial charge is 0.352 e. The fourth-order valence-electron chi connectivity index (χ4n) is 2.08. The van der Waals surface area contributed by atoms with Crippen molar-refractivity contribution in [3.8, 4) is 11.5 Å². The van der Waals surface area contributed by atoms with Crippen LogP contribution in [-0.2, 0) is 0 Å². The lowest BCUT2D eigenvalue weighted by Crippen LogP contribution is -2.37. The van der Waals surface area contributed by atoms with Crippen molar-refractivity contribution in [3.63, 3.8) is 0 Å². The van der Waals surface area contributed by atoms with Gasteiger partial charge in [0.2, 0.25) is 11.5 Å². The lowest BCUT2D eigenvalue weighted by molar-refractivity contribution is -0.387. The minimum absolute atomic E-state index is 0.0179. The molecule has 18 heavy (non-hydrogen) atoms. The van der Waals surface area contributed by atoms with Crippen LogP contribution in [0.5, 0.6) is 11.5 Å². The first kappa shape index (κ1) is 12.6. The standard InChI is InChI=1S/C12H16N2O4/c1-17-10-3-2-4-11(12(10)14(15)16)18-9-5-8(6-9)7-13/h2-4,8-9H,5-7,13H2,1H3. The summed E-state index contributed by atoms with van der Waals surface area (Å²) in [6.07, 6.45) is 1.72. The zero-order valence-corrected chi connectivity index (χ0v) is 10.2. The van der Waals surface area contributed by atoms with Crippen molar-refractivity contribution in [2.45, 2.75) is 18.9 Å². The fourth-order valence-corrected chi connectivity index (χ4v) is 2.08. The molecule has 0 bridgehead atoms. The highest BCUT2D eigenvalue weighted by atomic mass is 16.6. The summed E-state index contributed by atoms with van der Waals surface area (Å²) in [5.41, 5.74) is 5.41. The van der Waals surface area contributed by atoms with Crippen molar-refractivity contribution in [3.05, 3.63) is 28.3 Å². The van der Waals surface area contributed by atoms with Crippen LogP contribution in [0.15, 0.2) is 18.2 Å². The van der Waals surface area contributed by atoms with Crippen molar-refractivity contribution in [1.29, 1.82) is 0 Å². The first-order valence-corrected chi connectivity index (χ1v) is 5.83. The molecule has 1 aliphatic rings. The molecule has 2 rings (SSSR count). The molecule has 2 N–H and O–H groups in total. The number of rotatable bonds is 5. The van der Waals surface area contributed by atoms with Gasteiger partial charge in [-0.05, 0) is 37.4 Å². The Morgan fingerprint density at radius 2 is 2.11 bits per heavy atom. The van der Waals surface area contributed by atoms with E-state index < -0.39 is 4.92 Å². The van der Waals surface area contributed by atoms with E-state index in [0.29, 0.717) is 12.5 Å². The average Bonchev–Trinajstić information content (AvgIpc) is 2.32. The predicted molar refractivity (Wildman–Crippen MR) is 65.8 cm³/mol. The summed E-state index contributed by atoms with van der Waals surface area (Å²) in [5.74, 6) is 0.951. The Hall–Kier alpha value is -1.82. The van der Waals surface area contributed by atoms with Crippen LogP contribution >= 0.6 is 0 Å². The Morgan fingerprint density at radius 1 is 1.44 bits per heavy atom. The molecule has 0 unspecified atom stereocenters. The first-order valence-electron chi connectivity index (χ1n) is 5.83. The summed E-state index contributed by atoms with van der Waals surface area (Å²) in [6.45, 7) is 0.639. The van der Waals surface area contributed by atoms with Crippen LogP contribution in [0.2, 0.25) is 0 Å². The van der Waals surface area contributed by atoms with Gasteiger partial charge in [0.1, 0.15) is 0 Å². The van der Waals surface area contributed by atoms with E-state index in [2.05, 4.69) is 0 Å². The van der Waals surface area contributed by atoms with Crippen LogP contribution in [0.1, 0.15) is 12.8 Å². The highest BCUT2D eigenvalue weighted by Gasteiger charge is 2.32.